The lowest BCUT2D eigenvalue weighted by atomic mass is 9.98. The first-order valence-corrected chi connectivity index (χ1v) is 7.16. The first-order valence-electron chi connectivity index (χ1n) is 6.37. The van der Waals surface area contributed by atoms with Gasteiger partial charge in [-0.15, -0.1) is 0 Å². The van der Waals surface area contributed by atoms with Crippen LogP contribution in [-0.2, 0) is 4.79 Å². The molecule has 4 heteroatoms. The molecular weight excluding hydrogens is 332 g/mol. The molecule has 0 aliphatic rings. The summed E-state index contributed by atoms with van der Waals surface area (Å²) in [5, 5.41) is 9.48. The minimum atomic E-state index is -0.953. The van der Waals surface area contributed by atoms with Gasteiger partial charge < -0.3 is 9.84 Å². The molecule has 108 valence electrons. The Morgan fingerprint density at radius 1 is 1.19 bits per heavy atom. The van der Waals surface area contributed by atoms with Crippen molar-refractivity contribution >= 4 is 33.5 Å². The van der Waals surface area contributed by atoms with Gasteiger partial charge in [-0.3, -0.25) is 0 Å². The average Bonchev–Trinajstić information content (AvgIpc) is 2.46. The zero-order chi connectivity index (χ0) is 15.4. The lowest BCUT2D eigenvalue weighted by Gasteiger charge is -2.09. The van der Waals surface area contributed by atoms with Gasteiger partial charge in [0, 0.05) is 4.47 Å². The highest BCUT2D eigenvalue weighted by molar-refractivity contribution is 9.10. The van der Waals surface area contributed by atoms with Gasteiger partial charge in [-0.2, -0.15) is 0 Å². The van der Waals surface area contributed by atoms with Crippen LogP contribution in [0.1, 0.15) is 16.7 Å². The SMILES string of the molecule is COc1ccc(/C(=C/c2ccc(Br)cc2)C(=O)O)c(C)c1. The van der Waals surface area contributed by atoms with Crippen LogP contribution in [0.2, 0.25) is 0 Å². The van der Waals surface area contributed by atoms with E-state index in [1.807, 2.05) is 37.3 Å². The largest absolute Gasteiger partial charge is 0.497 e. The highest BCUT2D eigenvalue weighted by Gasteiger charge is 2.13. The Bertz CT molecular complexity index is 688. The fraction of sp³-hybridized carbons (Fsp3) is 0.118. The van der Waals surface area contributed by atoms with E-state index in [4.69, 9.17) is 4.74 Å². The van der Waals surface area contributed by atoms with Crippen molar-refractivity contribution in [1.82, 2.24) is 0 Å². The third kappa shape index (κ3) is 3.73. The average molecular weight is 347 g/mol. The third-order valence-electron chi connectivity index (χ3n) is 3.14. The van der Waals surface area contributed by atoms with Crippen LogP contribution in [0.5, 0.6) is 5.75 Å². The Morgan fingerprint density at radius 2 is 1.86 bits per heavy atom. The smallest absolute Gasteiger partial charge is 0.336 e. The van der Waals surface area contributed by atoms with Crippen molar-refractivity contribution in [2.45, 2.75) is 6.92 Å². The standard InChI is InChI=1S/C17H15BrO3/c1-11-9-14(21-2)7-8-15(11)16(17(19)20)10-12-3-5-13(18)6-4-12/h3-10H,1-2H3,(H,19,20)/b16-10-. The first-order chi connectivity index (χ1) is 10.0. The lowest BCUT2D eigenvalue weighted by Crippen LogP contribution is -2.02. The molecule has 21 heavy (non-hydrogen) atoms. The van der Waals surface area contributed by atoms with E-state index in [0.29, 0.717) is 11.3 Å². The van der Waals surface area contributed by atoms with Gasteiger partial charge in [-0.1, -0.05) is 34.1 Å². The van der Waals surface area contributed by atoms with Crippen LogP contribution in [0, 0.1) is 6.92 Å². The van der Waals surface area contributed by atoms with Crippen LogP contribution in [-0.4, -0.2) is 18.2 Å². The molecule has 0 aromatic heterocycles. The Labute approximate surface area is 132 Å². The zero-order valence-electron chi connectivity index (χ0n) is 11.8. The molecule has 0 bridgehead atoms. The summed E-state index contributed by atoms with van der Waals surface area (Å²) in [6, 6.07) is 12.9. The van der Waals surface area contributed by atoms with Gasteiger partial charge >= 0.3 is 5.97 Å². The number of aliphatic carboxylic acids is 1. The van der Waals surface area contributed by atoms with Gasteiger partial charge in [0.2, 0.25) is 0 Å². The molecule has 2 aromatic carbocycles. The monoisotopic (exact) mass is 346 g/mol. The van der Waals surface area contributed by atoms with Crippen LogP contribution < -0.4 is 4.74 Å². The quantitative estimate of drug-likeness (QED) is 0.659. The minimum absolute atomic E-state index is 0.262. The molecule has 0 spiro atoms. The number of carboxylic acid groups (broad SMARTS) is 1. The molecule has 0 saturated heterocycles. The molecule has 0 radical (unpaired) electrons. The van der Waals surface area contributed by atoms with E-state index in [-0.39, 0.29) is 5.57 Å². The van der Waals surface area contributed by atoms with Gasteiger partial charge in [0.15, 0.2) is 0 Å². The van der Waals surface area contributed by atoms with Crippen molar-refractivity contribution in [2.75, 3.05) is 7.11 Å². The number of carbonyl (C=O) groups is 1. The fourth-order valence-corrected chi connectivity index (χ4v) is 2.31. The van der Waals surface area contributed by atoms with E-state index < -0.39 is 5.97 Å². The molecule has 0 heterocycles. The second kappa shape index (κ2) is 6.59. The van der Waals surface area contributed by atoms with Crippen molar-refractivity contribution in [3.8, 4) is 5.75 Å². The number of halogens is 1. The number of methoxy groups -OCH3 is 1. The summed E-state index contributed by atoms with van der Waals surface area (Å²) in [7, 11) is 1.59. The Balaban J connectivity index is 2.48. The molecule has 2 rings (SSSR count). The predicted molar refractivity (Wildman–Crippen MR) is 87.4 cm³/mol. The Hall–Kier alpha value is -2.07. The maximum absolute atomic E-state index is 11.6. The number of rotatable bonds is 4. The van der Waals surface area contributed by atoms with E-state index in [1.165, 1.54) is 0 Å². The topological polar surface area (TPSA) is 46.5 Å². The van der Waals surface area contributed by atoms with Gasteiger partial charge in [0.1, 0.15) is 5.75 Å². The van der Waals surface area contributed by atoms with Crippen molar-refractivity contribution in [3.63, 3.8) is 0 Å². The third-order valence-corrected chi connectivity index (χ3v) is 3.66. The summed E-state index contributed by atoms with van der Waals surface area (Å²) in [6.45, 7) is 1.87. The second-order valence-electron chi connectivity index (χ2n) is 4.60. The highest BCUT2D eigenvalue weighted by Crippen LogP contribution is 2.26. The minimum Gasteiger partial charge on any atom is -0.497 e. The summed E-state index contributed by atoms with van der Waals surface area (Å²) in [5.74, 6) is -0.240. The van der Waals surface area contributed by atoms with Crippen LogP contribution >= 0.6 is 15.9 Å². The number of ether oxygens (including phenoxy) is 1. The van der Waals surface area contributed by atoms with E-state index in [1.54, 1.807) is 25.3 Å². The van der Waals surface area contributed by atoms with Crippen LogP contribution in [0.3, 0.4) is 0 Å². The molecule has 0 atom stereocenters. The van der Waals surface area contributed by atoms with Crippen molar-refractivity contribution < 1.29 is 14.6 Å². The van der Waals surface area contributed by atoms with E-state index in [0.717, 1.165) is 15.6 Å². The summed E-state index contributed by atoms with van der Waals surface area (Å²) >= 11 is 3.36. The zero-order valence-corrected chi connectivity index (χ0v) is 13.3. The number of carboxylic acids is 1. The molecule has 0 amide bonds. The molecule has 0 fully saturated rings. The number of hydrogen-bond donors (Lipinski definition) is 1. The van der Waals surface area contributed by atoms with Gasteiger partial charge in [-0.05, 0) is 54.0 Å². The van der Waals surface area contributed by atoms with Crippen molar-refractivity contribution in [3.05, 3.63) is 63.6 Å². The summed E-state index contributed by atoms with van der Waals surface area (Å²) in [5.41, 5.74) is 2.65. The van der Waals surface area contributed by atoms with Gasteiger partial charge in [-0.25, -0.2) is 4.79 Å². The molecule has 2 aromatic rings. The molecule has 1 N–H and O–H groups in total. The van der Waals surface area contributed by atoms with E-state index in [2.05, 4.69) is 15.9 Å². The molecule has 3 nitrogen and oxygen atoms in total. The Morgan fingerprint density at radius 3 is 2.38 bits per heavy atom. The highest BCUT2D eigenvalue weighted by atomic mass is 79.9. The van der Waals surface area contributed by atoms with Crippen LogP contribution in [0.4, 0.5) is 0 Å². The van der Waals surface area contributed by atoms with E-state index in [9.17, 15) is 9.90 Å². The molecule has 0 aliphatic carbocycles. The predicted octanol–water partition coefficient (Wildman–Crippen LogP) is 4.39. The van der Waals surface area contributed by atoms with Gasteiger partial charge in [0.05, 0.1) is 12.7 Å². The number of benzene rings is 2. The maximum atomic E-state index is 11.6. The molecular formula is C17H15BrO3. The second-order valence-corrected chi connectivity index (χ2v) is 5.51. The fourth-order valence-electron chi connectivity index (χ4n) is 2.05. The van der Waals surface area contributed by atoms with E-state index >= 15 is 0 Å². The lowest BCUT2D eigenvalue weighted by molar-refractivity contribution is -0.130. The summed E-state index contributed by atoms with van der Waals surface area (Å²) in [6.07, 6.45) is 1.67. The summed E-state index contributed by atoms with van der Waals surface area (Å²) < 4.78 is 6.11. The molecule has 0 saturated carbocycles. The van der Waals surface area contributed by atoms with Crippen molar-refractivity contribution in [2.24, 2.45) is 0 Å². The van der Waals surface area contributed by atoms with Crippen molar-refractivity contribution in [1.29, 1.82) is 0 Å². The molecule has 0 aliphatic heterocycles. The Kier molecular flexibility index (Phi) is 4.81. The molecule has 0 unspecified atom stereocenters. The van der Waals surface area contributed by atoms with Gasteiger partial charge in [0.25, 0.3) is 0 Å². The van der Waals surface area contributed by atoms with Crippen LogP contribution in [0.15, 0.2) is 46.9 Å². The van der Waals surface area contributed by atoms with Crippen LogP contribution in [0.25, 0.3) is 11.6 Å². The number of hydrogen-bond acceptors (Lipinski definition) is 2. The maximum Gasteiger partial charge on any atom is 0.336 e. The normalized spacial score (nSPS) is 11.3. The first kappa shape index (κ1) is 15.3. The number of aryl methyl sites for hydroxylation is 1. The summed E-state index contributed by atoms with van der Waals surface area (Å²) in [4.78, 5) is 11.6.